The Morgan fingerprint density at radius 3 is 2.50 bits per heavy atom. The highest BCUT2D eigenvalue weighted by Crippen LogP contribution is 2.27. The van der Waals surface area contributed by atoms with E-state index in [1.807, 2.05) is 0 Å². The first-order chi connectivity index (χ1) is 5.46. The zero-order valence-electron chi connectivity index (χ0n) is 7.33. The van der Waals surface area contributed by atoms with Crippen molar-refractivity contribution in [1.29, 1.82) is 0 Å². The molecule has 1 aliphatic rings. The molecule has 0 N–H and O–H groups in total. The summed E-state index contributed by atoms with van der Waals surface area (Å²) in [6.07, 6.45) is 2.25. The third-order valence-corrected chi connectivity index (χ3v) is 4.38. The summed E-state index contributed by atoms with van der Waals surface area (Å²) in [5, 5.41) is 0.737. The van der Waals surface area contributed by atoms with Gasteiger partial charge < -0.3 is 0 Å². The van der Waals surface area contributed by atoms with Gasteiger partial charge in [0.2, 0.25) is 10.0 Å². The first kappa shape index (κ1) is 10.5. The molecular formula is C7H14BrNO2S. The summed E-state index contributed by atoms with van der Waals surface area (Å²) in [6, 6.07) is 0.153. The summed E-state index contributed by atoms with van der Waals surface area (Å²) in [5.74, 6) is 0.471. The van der Waals surface area contributed by atoms with Crippen LogP contribution in [0, 0.1) is 5.92 Å². The molecule has 1 rings (SSSR count). The van der Waals surface area contributed by atoms with Crippen LogP contribution in [-0.2, 0) is 10.0 Å². The van der Waals surface area contributed by atoms with E-state index in [9.17, 15) is 8.42 Å². The van der Waals surface area contributed by atoms with E-state index in [4.69, 9.17) is 0 Å². The standard InChI is InChI=1S/C7H14BrNO2S/c1-6-3-4-9(7(6)5-8)12(2,10)11/h6-7H,3-5H2,1-2H3. The molecule has 0 amide bonds. The summed E-state index contributed by atoms with van der Waals surface area (Å²) >= 11 is 3.34. The Morgan fingerprint density at radius 2 is 2.17 bits per heavy atom. The minimum absolute atomic E-state index is 0.153. The van der Waals surface area contributed by atoms with Crippen LogP contribution in [0.15, 0.2) is 0 Å². The maximum Gasteiger partial charge on any atom is 0.211 e. The fraction of sp³-hybridized carbons (Fsp3) is 1.00. The van der Waals surface area contributed by atoms with Crippen molar-refractivity contribution in [2.75, 3.05) is 18.1 Å². The molecular weight excluding hydrogens is 242 g/mol. The molecule has 0 aromatic rings. The van der Waals surface area contributed by atoms with Gasteiger partial charge in [-0.1, -0.05) is 22.9 Å². The van der Waals surface area contributed by atoms with Gasteiger partial charge in [-0.25, -0.2) is 8.42 Å². The number of nitrogens with zero attached hydrogens (tertiary/aromatic N) is 1. The molecule has 0 spiro atoms. The number of alkyl halides is 1. The summed E-state index contributed by atoms with van der Waals surface area (Å²) < 4.78 is 24.1. The van der Waals surface area contributed by atoms with Crippen molar-refractivity contribution >= 4 is 26.0 Å². The average Bonchev–Trinajstić information content (AvgIpc) is 2.29. The molecule has 12 heavy (non-hydrogen) atoms. The Morgan fingerprint density at radius 1 is 1.58 bits per heavy atom. The van der Waals surface area contributed by atoms with Gasteiger partial charge in [0.15, 0.2) is 0 Å². The Labute approximate surface area is 82.3 Å². The number of hydrogen-bond acceptors (Lipinski definition) is 2. The summed E-state index contributed by atoms with van der Waals surface area (Å²) in [4.78, 5) is 0. The van der Waals surface area contributed by atoms with Crippen molar-refractivity contribution < 1.29 is 8.42 Å². The molecule has 1 heterocycles. The lowest BCUT2D eigenvalue weighted by Crippen LogP contribution is -2.37. The highest BCUT2D eigenvalue weighted by Gasteiger charge is 2.35. The number of halogens is 1. The lowest BCUT2D eigenvalue weighted by atomic mass is 10.1. The first-order valence-electron chi connectivity index (χ1n) is 3.99. The normalized spacial score (nSPS) is 32.6. The van der Waals surface area contributed by atoms with E-state index in [2.05, 4.69) is 22.9 Å². The zero-order chi connectivity index (χ0) is 9.35. The molecule has 2 unspecified atom stereocenters. The first-order valence-corrected chi connectivity index (χ1v) is 6.96. The Hall–Kier alpha value is 0.390. The van der Waals surface area contributed by atoms with Gasteiger partial charge in [0, 0.05) is 17.9 Å². The molecule has 2 atom stereocenters. The molecule has 0 aliphatic carbocycles. The molecule has 1 aliphatic heterocycles. The van der Waals surface area contributed by atoms with E-state index in [-0.39, 0.29) is 6.04 Å². The minimum Gasteiger partial charge on any atom is -0.212 e. The third-order valence-electron chi connectivity index (χ3n) is 2.42. The molecule has 0 saturated carbocycles. The largest absolute Gasteiger partial charge is 0.212 e. The van der Waals surface area contributed by atoms with Crippen molar-refractivity contribution in [3.8, 4) is 0 Å². The Balaban J connectivity index is 2.81. The van der Waals surface area contributed by atoms with Crippen LogP contribution in [0.1, 0.15) is 13.3 Å². The summed E-state index contributed by atoms with van der Waals surface area (Å²) in [5.41, 5.74) is 0. The molecule has 1 saturated heterocycles. The molecule has 5 heteroatoms. The highest BCUT2D eigenvalue weighted by molar-refractivity contribution is 9.09. The van der Waals surface area contributed by atoms with Crippen molar-refractivity contribution in [3.63, 3.8) is 0 Å². The second-order valence-corrected chi connectivity index (χ2v) is 5.94. The molecule has 1 fully saturated rings. The van der Waals surface area contributed by atoms with Crippen LogP contribution < -0.4 is 0 Å². The lowest BCUT2D eigenvalue weighted by Gasteiger charge is -2.22. The van der Waals surface area contributed by atoms with Crippen LogP contribution in [0.2, 0.25) is 0 Å². The maximum atomic E-state index is 11.3. The van der Waals surface area contributed by atoms with Crippen LogP contribution in [0.3, 0.4) is 0 Å². The van der Waals surface area contributed by atoms with Crippen molar-refractivity contribution in [3.05, 3.63) is 0 Å². The second-order valence-electron chi connectivity index (χ2n) is 3.36. The molecule has 3 nitrogen and oxygen atoms in total. The topological polar surface area (TPSA) is 37.4 Å². The maximum absolute atomic E-state index is 11.3. The van der Waals surface area contributed by atoms with Gasteiger partial charge in [-0.15, -0.1) is 0 Å². The van der Waals surface area contributed by atoms with Gasteiger partial charge in [0.05, 0.1) is 6.26 Å². The van der Waals surface area contributed by atoms with Gasteiger partial charge in [0.25, 0.3) is 0 Å². The van der Waals surface area contributed by atoms with Crippen molar-refractivity contribution in [2.24, 2.45) is 5.92 Å². The predicted octanol–water partition coefficient (Wildman–Crippen LogP) is 1.05. The predicted molar refractivity (Wildman–Crippen MR) is 52.9 cm³/mol. The molecule has 0 aromatic carbocycles. The van der Waals surface area contributed by atoms with E-state index < -0.39 is 10.0 Å². The SMILES string of the molecule is CC1CCN(S(C)(=O)=O)C1CBr. The van der Waals surface area contributed by atoms with Crippen LogP contribution in [0.25, 0.3) is 0 Å². The quantitative estimate of drug-likeness (QED) is 0.692. The molecule has 0 aromatic heterocycles. The summed E-state index contributed by atoms with van der Waals surface area (Å²) in [7, 11) is -2.99. The number of hydrogen-bond donors (Lipinski definition) is 0. The van der Waals surface area contributed by atoms with E-state index in [0.717, 1.165) is 11.8 Å². The number of sulfonamides is 1. The minimum atomic E-state index is -2.99. The second kappa shape index (κ2) is 3.64. The van der Waals surface area contributed by atoms with E-state index in [1.54, 1.807) is 4.31 Å². The zero-order valence-corrected chi connectivity index (χ0v) is 9.73. The van der Waals surface area contributed by atoms with Gasteiger partial charge >= 0.3 is 0 Å². The van der Waals surface area contributed by atoms with Gasteiger partial charge in [-0.3, -0.25) is 0 Å². The van der Waals surface area contributed by atoms with E-state index in [1.165, 1.54) is 6.26 Å². The smallest absolute Gasteiger partial charge is 0.211 e. The Bertz CT molecular complexity index is 252. The Kier molecular flexibility index (Phi) is 3.17. The van der Waals surface area contributed by atoms with Crippen molar-refractivity contribution in [2.45, 2.75) is 19.4 Å². The van der Waals surface area contributed by atoms with E-state index >= 15 is 0 Å². The lowest BCUT2D eigenvalue weighted by molar-refractivity contribution is 0.381. The third kappa shape index (κ3) is 2.00. The van der Waals surface area contributed by atoms with Gasteiger partial charge in [-0.05, 0) is 12.3 Å². The van der Waals surface area contributed by atoms with Crippen molar-refractivity contribution in [1.82, 2.24) is 4.31 Å². The number of rotatable bonds is 2. The van der Waals surface area contributed by atoms with Crippen LogP contribution in [-0.4, -0.2) is 36.9 Å². The monoisotopic (exact) mass is 255 g/mol. The van der Waals surface area contributed by atoms with Crippen LogP contribution in [0.5, 0.6) is 0 Å². The van der Waals surface area contributed by atoms with E-state index in [0.29, 0.717) is 12.5 Å². The van der Waals surface area contributed by atoms with Gasteiger partial charge in [-0.2, -0.15) is 4.31 Å². The molecule has 72 valence electrons. The molecule has 0 bridgehead atoms. The fourth-order valence-corrected chi connectivity index (χ4v) is 4.00. The molecule has 0 radical (unpaired) electrons. The van der Waals surface area contributed by atoms with Crippen LogP contribution in [0.4, 0.5) is 0 Å². The average molecular weight is 256 g/mol. The fourth-order valence-electron chi connectivity index (χ4n) is 1.61. The summed E-state index contributed by atoms with van der Waals surface area (Å²) in [6.45, 7) is 2.77. The highest BCUT2D eigenvalue weighted by atomic mass is 79.9. The van der Waals surface area contributed by atoms with Crippen LogP contribution >= 0.6 is 15.9 Å². The van der Waals surface area contributed by atoms with Gasteiger partial charge in [0.1, 0.15) is 0 Å².